The van der Waals surface area contributed by atoms with Crippen LogP contribution in [0, 0.1) is 0 Å². The summed E-state index contributed by atoms with van der Waals surface area (Å²) in [5.74, 6) is -0.924. The topological polar surface area (TPSA) is 78.9 Å². The third-order valence-electron chi connectivity index (χ3n) is 14.4. The molecule has 0 fully saturated rings. The normalized spacial score (nSPS) is 12.6. The number of allylic oxidation sites excluding steroid dienone is 14. The lowest BCUT2D eigenvalue weighted by Crippen LogP contribution is -2.30. The highest BCUT2D eigenvalue weighted by molar-refractivity contribution is 5.71. The zero-order valence-electron chi connectivity index (χ0n) is 51.0. The lowest BCUT2D eigenvalue weighted by Gasteiger charge is -2.18. The molecule has 0 saturated heterocycles. The van der Waals surface area contributed by atoms with E-state index in [9.17, 15) is 14.4 Å². The molecule has 0 N–H and O–H groups in total. The van der Waals surface area contributed by atoms with Crippen molar-refractivity contribution >= 4 is 17.9 Å². The second-order valence-corrected chi connectivity index (χ2v) is 22.0. The van der Waals surface area contributed by atoms with Gasteiger partial charge >= 0.3 is 17.9 Å². The van der Waals surface area contributed by atoms with Crippen LogP contribution in [0.3, 0.4) is 0 Å². The van der Waals surface area contributed by atoms with Crippen LogP contribution >= 0.6 is 0 Å². The van der Waals surface area contributed by atoms with Gasteiger partial charge in [0.05, 0.1) is 0 Å². The molecule has 77 heavy (non-hydrogen) atoms. The second kappa shape index (κ2) is 65.1. The third kappa shape index (κ3) is 63.3. The highest BCUT2D eigenvalue weighted by Gasteiger charge is 2.19. The molecule has 0 aliphatic heterocycles. The average molecular weight is 1070 g/mol. The van der Waals surface area contributed by atoms with Gasteiger partial charge < -0.3 is 14.2 Å². The zero-order valence-corrected chi connectivity index (χ0v) is 51.0. The van der Waals surface area contributed by atoms with Crippen molar-refractivity contribution < 1.29 is 28.6 Å². The first kappa shape index (κ1) is 73.6. The number of rotatable bonds is 60. The van der Waals surface area contributed by atoms with Crippen LogP contribution in [-0.2, 0) is 28.6 Å². The summed E-state index contributed by atoms with van der Waals surface area (Å²) in [5, 5.41) is 0. The van der Waals surface area contributed by atoms with E-state index < -0.39 is 6.10 Å². The Kier molecular flexibility index (Phi) is 62.2. The van der Waals surface area contributed by atoms with Gasteiger partial charge in [0.2, 0.25) is 0 Å². The first-order valence-corrected chi connectivity index (χ1v) is 33.1. The number of carbonyl (C=O) groups excluding carboxylic acids is 3. The van der Waals surface area contributed by atoms with Crippen LogP contribution in [0.1, 0.15) is 329 Å². The molecule has 6 heteroatoms. The van der Waals surface area contributed by atoms with Crippen LogP contribution in [0.5, 0.6) is 0 Å². The van der Waals surface area contributed by atoms with Gasteiger partial charge in [0.25, 0.3) is 0 Å². The number of unbranched alkanes of at least 4 members (excludes halogenated alkanes) is 35. The van der Waals surface area contributed by atoms with Gasteiger partial charge in [-0.2, -0.15) is 0 Å². The molecule has 0 heterocycles. The summed E-state index contributed by atoms with van der Waals surface area (Å²) in [6.45, 7) is 6.45. The van der Waals surface area contributed by atoms with E-state index in [4.69, 9.17) is 14.2 Å². The molecular weight excluding hydrogens is 949 g/mol. The van der Waals surface area contributed by atoms with Crippen LogP contribution in [-0.4, -0.2) is 37.2 Å². The SMILES string of the molecule is CC/C=C\C/C=C\C/C=C\C/C=C\C/C=C\C/C=C\C/C=C\CCCCCC(=O)OC(COC(=O)CCCCCCC)COC(=O)CCCCCCCCCCCCCCCCCCCCCCCCCCCCCCC. The van der Waals surface area contributed by atoms with E-state index in [0.29, 0.717) is 12.8 Å². The van der Waals surface area contributed by atoms with Gasteiger partial charge in [0.15, 0.2) is 6.10 Å². The van der Waals surface area contributed by atoms with Crippen molar-refractivity contribution in [3.05, 3.63) is 85.1 Å². The predicted molar refractivity (Wildman–Crippen MR) is 334 cm³/mol. The van der Waals surface area contributed by atoms with Crippen molar-refractivity contribution in [3.63, 3.8) is 0 Å². The van der Waals surface area contributed by atoms with Gasteiger partial charge in [-0.25, -0.2) is 0 Å². The molecule has 6 nitrogen and oxygen atoms in total. The van der Waals surface area contributed by atoms with E-state index in [2.05, 4.69) is 106 Å². The number of hydrogen-bond donors (Lipinski definition) is 0. The molecule has 0 saturated carbocycles. The van der Waals surface area contributed by atoms with Crippen molar-refractivity contribution in [3.8, 4) is 0 Å². The maximum Gasteiger partial charge on any atom is 0.306 e. The average Bonchev–Trinajstić information content (AvgIpc) is 3.43. The molecule has 0 radical (unpaired) electrons. The number of ether oxygens (including phenoxy) is 3. The van der Waals surface area contributed by atoms with Gasteiger partial charge in [-0.05, 0) is 77.0 Å². The minimum absolute atomic E-state index is 0.0878. The van der Waals surface area contributed by atoms with Gasteiger partial charge in [0.1, 0.15) is 13.2 Å². The Morgan fingerprint density at radius 3 is 0.792 bits per heavy atom. The molecule has 0 aromatic rings. The number of esters is 3. The lowest BCUT2D eigenvalue weighted by atomic mass is 10.0. The van der Waals surface area contributed by atoms with Crippen LogP contribution in [0.25, 0.3) is 0 Å². The fourth-order valence-electron chi connectivity index (χ4n) is 9.48. The summed E-state index contributed by atoms with van der Waals surface area (Å²) in [6, 6.07) is 0. The summed E-state index contributed by atoms with van der Waals surface area (Å²) >= 11 is 0. The van der Waals surface area contributed by atoms with Crippen molar-refractivity contribution in [2.24, 2.45) is 0 Å². The molecule has 0 rings (SSSR count). The molecule has 0 aliphatic carbocycles. The molecule has 0 aromatic heterocycles. The Morgan fingerprint density at radius 1 is 0.273 bits per heavy atom. The minimum Gasteiger partial charge on any atom is -0.462 e. The Bertz CT molecular complexity index is 1470. The Balaban J connectivity index is 4.05. The molecule has 0 spiro atoms. The van der Waals surface area contributed by atoms with Crippen molar-refractivity contribution in [1.82, 2.24) is 0 Å². The lowest BCUT2D eigenvalue weighted by molar-refractivity contribution is -0.167. The smallest absolute Gasteiger partial charge is 0.306 e. The van der Waals surface area contributed by atoms with E-state index >= 15 is 0 Å². The van der Waals surface area contributed by atoms with Crippen molar-refractivity contribution in [1.29, 1.82) is 0 Å². The maximum atomic E-state index is 12.8. The fraction of sp³-hybridized carbons (Fsp3) is 0.761. The van der Waals surface area contributed by atoms with Crippen LogP contribution in [0.2, 0.25) is 0 Å². The largest absolute Gasteiger partial charge is 0.462 e. The van der Waals surface area contributed by atoms with Gasteiger partial charge in [-0.3, -0.25) is 14.4 Å². The molecular formula is C71H124O6. The van der Waals surface area contributed by atoms with Crippen LogP contribution in [0.15, 0.2) is 85.1 Å². The number of carbonyl (C=O) groups is 3. The van der Waals surface area contributed by atoms with E-state index in [1.165, 1.54) is 173 Å². The van der Waals surface area contributed by atoms with E-state index in [1.807, 2.05) is 0 Å². The molecule has 0 aromatic carbocycles. The van der Waals surface area contributed by atoms with Gasteiger partial charge in [0, 0.05) is 19.3 Å². The Morgan fingerprint density at radius 2 is 0.506 bits per heavy atom. The highest BCUT2D eigenvalue weighted by atomic mass is 16.6. The van der Waals surface area contributed by atoms with Crippen LogP contribution in [0.4, 0.5) is 0 Å². The Hall–Kier alpha value is -3.41. The van der Waals surface area contributed by atoms with Crippen molar-refractivity contribution in [2.45, 2.75) is 335 Å². The third-order valence-corrected chi connectivity index (χ3v) is 14.4. The summed E-state index contributed by atoms with van der Waals surface area (Å²) < 4.78 is 16.8. The van der Waals surface area contributed by atoms with E-state index in [-0.39, 0.29) is 37.5 Å². The predicted octanol–water partition coefficient (Wildman–Crippen LogP) is 22.7. The van der Waals surface area contributed by atoms with Crippen molar-refractivity contribution in [2.75, 3.05) is 13.2 Å². The molecule has 0 amide bonds. The Labute approximate surface area is 477 Å². The molecule has 444 valence electrons. The van der Waals surface area contributed by atoms with Gasteiger partial charge in [-0.15, -0.1) is 0 Å². The monoisotopic (exact) mass is 1070 g/mol. The fourth-order valence-corrected chi connectivity index (χ4v) is 9.48. The van der Waals surface area contributed by atoms with E-state index in [0.717, 1.165) is 116 Å². The summed E-state index contributed by atoms with van der Waals surface area (Å²) in [4.78, 5) is 37.9. The second-order valence-electron chi connectivity index (χ2n) is 22.0. The first-order chi connectivity index (χ1) is 38.0. The quantitative estimate of drug-likeness (QED) is 0.0261. The summed E-state index contributed by atoms with van der Waals surface area (Å²) in [6.07, 6.45) is 86.6. The zero-order chi connectivity index (χ0) is 55.7. The van der Waals surface area contributed by atoms with Crippen LogP contribution < -0.4 is 0 Å². The molecule has 1 atom stereocenters. The summed E-state index contributed by atoms with van der Waals surface area (Å²) in [7, 11) is 0. The molecule has 1 unspecified atom stereocenters. The standard InChI is InChI=1S/C71H124O6/c1-4-7-10-13-15-17-19-21-23-25-27-29-31-33-34-35-36-38-39-41-43-45-47-49-51-53-55-58-61-64-70(73)76-67-68(66-75-69(72)63-60-57-12-9-6-3)77-71(74)65-62-59-56-54-52-50-48-46-44-42-40-37-32-30-28-26-24-22-20-18-16-14-11-8-5-2/h8,11,16,18,22,24,28,30,37,40,44,46,50,52,68H,4-7,9-10,12-15,17,19-21,23,25-27,29,31-36,38-39,41-43,45,47-49,51,53-67H2,1-3H3/b11-8-,18-16-,24-22-,30-28-,40-37-,46-44-,52-50-. The van der Waals surface area contributed by atoms with Gasteiger partial charge in [-0.1, -0.05) is 318 Å². The highest BCUT2D eigenvalue weighted by Crippen LogP contribution is 2.18. The maximum absolute atomic E-state index is 12.8. The number of hydrogen-bond acceptors (Lipinski definition) is 6. The van der Waals surface area contributed by atoms with E-state index in [1.54, 1.807) is 0 Å². The molecule has 0 bridgehead atoms. The minimum atomic E-state index is -0.791. The first-order valence-electron chi connectivity index (χ1n) is 33.1. The summed E-state index contributed by atoms with van der Waals surface area (Å²) in [5.41, 5.74) is 0. The molecule has 0 aliphatic rings.